The van der Waals surface area contributed by atoms with E-state index in [1.165, 1.54) is 6.26 Å². The van der Waals surface area contributed by atoms with E-state index < -0.39 is 0 Å². The molecule has 0 bridgehead atoms. The van der Waals surface area contributed by atoms with Gasteiger partial charge in [0.2, 0.25) is 0 Å². The fourth-order valence-corrected chi connectivity index (χ4v) is 2.25. The van der Waals surface area contributed by atoms with Crippen LogP contribution in [0.15, 0.2) is 59.7 Å². The van der Waals surface area contributed by atoms with Crippen LogP contribution in [0.3, 0.4) is 0 Å². The summed E-state index contributed by atoms with van der Waals surface area (Å²) in [6, 6.07) is 12.7. The lowest BCUT2D eigenvalue weighted by Gasteiger charge is -2.08. The second kappa shape index (κ2) is 7.39. The van der Waals surface area contributed by atoms with Crippen molar-refractivity contribution in [2.75, 3.05) is 6.61 Å². The van der Waals surface area contributed by atoms with Gasteiger partial charge in [0.1, 0.15) is 11.4 Å². The fourth-order valence-electron chi connectivity index (χ4n) is 2.25. The summed E-state index contributed by atoms with van der Waals surface area (Å²) >= 11 is 0. The Morgan fingerprint density at radius 3 is 2.88 bits per heavy atom. The summed E-state index contributed by atoms with van der Waals surface area (Å²) in [4.78, 5) is 12.2. The highest BCUT2D eigenvalue weighted by atomic mass is 16.5. The van der Waals surface area contributed by atoms with Crippen molar-refractivity contribution >= 4 is 11.6 Å². The maximum absolute atomic E-state index is 12.2. The van der Waals surface area contributed by atoms with E-state index in [4.69, 9.17) is 9.15 Å². The van der Waals surface area contributed by atoms with Crippen LogP contribution in [0.2, 0.25) is 0 Å². The number of nitrogens with zero attached hydrogens (tertiary/aromatic N) is 1. The molecule has 0 saturated carbocycles. The highest BCUT2D eigenvalue weighted by molar-refractivity contribution is 5.93. The third kappa shape index (κ3) is 3.72. The largest absolute Gasteiger partial charge is 0.493 e. The predicted molar refractivity (Wildman–Crippen MR) is 93.5 cm³/mol. The minimum absolute atomic E-state index is 0.307. The van der Waals surface area contributed by atoms with E-state index >= 15 is 0 Å². The Balaban J connectivity index is 1.69. The molecule has 1 amide bonds. The Hall–Kier alpha value is -3.48. The standard InChI is InChI=1S/C18H18N4O3/c1-3-24-17-8-5-4-7-13(17)14-11-15(21-20-14)18(23)22-19-12(2)16-9-6-10-25-16/h4-11,19H,2-3H2,1H3,(H,20,21)(H,22,23). The lowest BCUT2D eigenvalue weighted by atomic mass is 10.1. The van der Waals surface area contributed by atoms with Crippen LogP contribution in [0.5, 0.6) is 5.75 Å². The van der Waals surface area contributed by atoms with Crippen molar-refractivity contribution in [2.45, 2.75) is 6.92 Å². The van der Waals surface area contributed by atoms with Gasteiger partial charge in [0.25, 0.3) is 5.91 Å². The second-order valence-corrected chi connectivity index (χ2v) is 5.13. The van der Waals surface area contributed by atoms with E-state index in [0.717, 1.165) is 5.56 Å². The number of rotatable bonds is 7. The first-order chi connectivity index (χ1) is 12.2. The number of hydrogen-bond donors (Lipinski definition) is 3. The molecule has 3 N–H and O–H groups in total. The summed E-state index contributed by atoms with van der Waals surface area (Å²) in [5, 5.41) is 6.91. The number of nitrogens with one attached hydrogen (secondary N) is 3. The molecule has 7 heteroatoms. The van der Waals surface area contributed by atoms with Gasteiger partial charge in [-0.15, -0.1) is 0 Å². The fraction of sp³-hybridized carbons (Fsp3) is 0.111. The first kappa shape index (κ1) is 16.4. The molecule has 0 fully saturated rings. The van der Waals surface area contributed by atoms with Crippen molar-refractivity contribution in [3.8, 4) is 17.0 Å². The monoisotopic (exact) mass is 338 g/mol. The number of furan rings is 1. The molecule has 0 unspecified atom stereocenters. The number of benzene rings is 1. The van der Waals surface area contributed by atoms with E-state index in [0.29, 0.717) is 35.2 Å². The van der Waals surface area contributed by atoms with Crippen molar-refractivity contribution in [2.24, 2.45) is 0 Å². The third-order valence-electron chi connectivity index (χ3n) is 3.43. The minimum Gasteiger partial charge on any atom is -0.493 e. The zero-order valence-electron chi connectivity index (χ0n) is 13.7. The predicted octanol–water partition coefficient (Wildman–Crippen LogP) is 2.97. The van der Waals surface area contributed by atoms with Crippen molar-refractivity contribution in [3.63, 3.8) is 0 Å². The van der Waals surface area contributed by atoms with Gasteiger partial charge in [-0.3, -0.25) is 20.7 Å². The Morgan fingerprint density at radius 1 is 1.28 bits per heavy atom. The molecular weight excluding hydrogens is 320 g/mol. The number of ether oxygens (including phenoxy) is 1. The van der Waals surface area contributed by atoms with Gasteiger partial charge in [-0.2, -0.15) is 5.10 Å². The van der Waals surface area contributed by atoms with Crippen LogP contribution in [0, 0.1) is 0 Å². The quantitative estimate of drug-likeness (QED) is 0.576. The maximum Gasteiger partial charge on any atom is 0.287 e. The lowest BCUT2D eigenvalue weighted by molar-refractivity contribution is 0.0937. The van der Waals surface area contributed by atoms with Gasteiger partial charge in [-0.25, -0.2) is 0 Å². The average Bonchev–Trinajstić information content (AvgIpc) is 3.32. The lowest BCUT2D eigenvalue weighted by Crippen LogP contribution is -2.35. The molecular formula is C18H18N4O3. The van der Waals surface area contributed by atoms with Crippen LogP contribution in [0.1, 0.15) is 23.2 Å². The van der Waals surface area contributed by atoms with Crippen LogP contribution in [0.4, 0.5) is 0 Å². The highest BCUT2D eigenvalue weighted by Crippen LogP contribution is 2.28. The zero-order chi connectivity index (χ0) is 17.6. The summed E-state index contributed by atoms with van der Waals surface area (Å²) in [6.07, 6.45) is 1.53. The highest BCUT2D eigenvalue weighted by Gasteiger charge is 2.14. The number of H-pyrrole nitrogens is 1. The Labute approximate surface area is 144 Å². The van der Waals surface area contributed by atoms with Gasteiger partial charge in [0, 0.05) is 5.56 Å². The Kier molecular flexibility index (Phi) is 4.84. The van der Waals surface area contributed by atoms with Crippen LogP contribution < -0.4 is 15.6 Å². The number of carbonyl (C=O) groups excluding carboxylic acids is 1. The van der Waals surface area contributed by atoms with E-state index in [-0.39, 0.29) is 5.91 Å². The second-order valence-electron chi connectivity index (χ2n) is 5.13. The molecule has 25 heavy (non-hydrogen) atoms. The van der Waals surface area contributed by atoms with Crippen LogP contribution >= 0.6 is 0 Å². The van der Waals surface area contributed by atoms with Crippen LogP contribution in [-0.2, 0) is 0 Å². The van der Waals surface area contributed by atoms with E-state index in [1.54, 1.807) is 18.2 Å². The van der Waals surface area contributed by atoms with E-state index in [2.05, 4.69) is 27.6 Å². The Morgan fingerprint density at radius 2 is 2.12 bits per heavy atom. The summed E-state index contributed by atoms with van der Waals surface area (Å²) in [6.45, 7) is 6.25. The Bertz CT molecular complexity index is 868. The van der Waals surface area contributed by atoms with E-state index in [9.17, 15) is 4.79 Å². The average molecular weight is 338 g/mol. The van der Waals surface area contributed by atoms with Gasteiger partial charge in [0.15, 0.2) is 5.76 Å². The molecule has 0 aliphatic rings. The van der Waals surface area contributed by atoms with E-state index in [1.807, 2.05) is 31.2 Å². The maximum atomic E-state index is 12.2. The van der Waals surface area contributed by atoms with Gasteiger partial charge < -0.3 is 9.15 Å². The molecule has 0 saturated heterocycles. The van der Waals surface area contributed by atoms with Crippen LogP contribution in [0.25, 0.3) is 17.0 Å². The first-order valence-electron chi connectivity index (χ1n) is 7.75. The number of aromatic nitrogens is 2. The minimum atomic E-state index is -0.375. The number of carbonyl (C=O) groups is 1. The molecule has 0 aliphatic heterocycles. The van der Waals surface area contributed by atoms with Crippen molar-refractivity contribution in [1.82, 2.24) is 21.0 Å². The number of para-hydroxylation sites is 1. The molecule has 128 valence electrons. The van der Waals surface area contributed by atoms with Crippen molar-refractivity contribution in [3.05, 3.63) is 66.8 Å². The smallest absolute Gasteiger partial charge is 0.287 e. The first-order valence-corrected chi connectivity index (χ1v) is 7.75. The summed E-state index contributed by atoms with van der Waals surface area (Å²) in [5.74, 6) is 0.879. The molecule has 0 atom stereocenters. The molecule has 3 aromatic rings. The van der Waals surface area contributed by atoms with Crippen molar-refractivity contribution < 1.29 is 13.9 Å². The molecule has 2 aromatic heterocycles. The SMILES string of the molecule is C=C(NNC(=O)c1cc(-c2ccccc2OCC)n[nH]1)c1ccco1. The van der Waals surface area contributed by atoms with Crippen molar-refractivity contribution in [1.29, 1.82) is 0 Å². The molecule has 7 nitrogen and oxygen atoms in total. The van der Waals surface area contributed by atoms with Gasteiger partial charge >= 0.3 is 0 Å². The number of aromatic amines is 1. The zero-order valence-corrected chi connectivity index (χ0v) is 13.7. The molecule has 0 radical (unpaired) electrons. The van der Waals surface area contributed by atoms with Crippen LogP contribution in [-0.4, -0.2) is 22.7 Å². The number of amides is 1. The molecule has 0 spiro atoms. The van der Waals surface area contributed by atoms with Gasteiger partial charge in [-0.05, 0) is 37.3 Å². The summed E-state index contributed by atoms with van der Waals surface area (Å²) < 4.78 is 10.8. The van der Waals surface area contributed by atoms with Gasteiger partial charge in [0.05, 0.1) is 24.3 Å². The molecule has 2 heterocycles. The molecule has 1 aromatic carbocycles. The third-order valence-corrected chi connectivity index (χ3v) is 3.43. The normalized spacial score (nSPS) is 10.3. The topological polar surface area (TPSA) is 92.2 Å². The number of hydrazine groups is 1. The summed E-state index contributed by atoms with van der Waals surface area (Å²) in [7, 11) is 0. The van der Waals surface area contributed by atoms with Gasteiger partial charge in [-0.1, -0.05) is 18.7 Å². The summed E-state index contributed by atoms with van der Waals surface area (Å²) in [5.41, 5.74) is 7.43. The molecule has 0 aliphatic carbocycles. The number of hydrogen-bond acceptors (Lipinski definition) is 5. The molecule has 3 rings (SSSR count).